The maximum Gasteiger partial charge on any atom is 0.100 e. The molecule has 0 nitrogen and oxygen atoms in total. The van der Waals surface area contributed by atoms with Crippen molar-refractivity contribution in [1.82, 2.24) is 0 Å². The van der Waals surface area contributed by atoms with Gasteiger partial charge in [0.15, 0.2) is 0 Å². The lowest BCUT2D eigenvalue weighted by Gasteiger charge is -2.61. The summed E-state index contributed by atoms with van der Waals surface area (Å²) in [7, 11) is 0. The Morgan fingerprint density at radius 1 is 0.821 bits per heavy atom. The number of hydrogen-bond acceptors (Lipinski definition) is 0. The van der Waals surface area contributed by atoms with Gasteiger partial charge in [0.05, 0.1) is 0 Å². The van der Waals surface area contributed by atoms with Crippen LogP contribution in [0.2, 0.25) is 0 Å². The third-order valence-corrected chi connectivity index (χ3v) is 10.8. The van der Waals surface area contributed by atoms with E-state index in [2.05, 4.69) is 34.6 Å². The van der Waals surface area contributed by atoms with Crippen LogP contribution in [0.4, 0.5) is 4.39 Å². The summed E-state index contributed by atoms with van der Waals surface area (Å²) in [6, 6.07) is 0. The summed E-state index contributed by atoms with van der Waals surface area (Å²) in [5.74, 6) is 6.19. The van der Waals surface area contributed by atoms with Crippen LogP contribution >= 0.6 is 0 Å². The van der Waals surface area contributed by atoms with Gasteiger partial charge in [-0.2, -0.15) is 0 Å². The highest BCUT2D eigenvalue weighted by Gasteiger charge is 2.60. The third-order valence-electron chi connectivity index (χ3n) is 10.8. The molecule has 4 aliphatic carbocycles. The first-order valence-electron chi connectivity index (χ1n) is 12.9. The molecular weight excluding hydrogens is 343 g/mol. The first-order chi connectivity index (χ1) is 13.3. The molecule has 1 heteroatoms. The highest BCUT2D eigenvalue weighted by Crippen LogP contribution is 2.68. The van der Waals surface area contributed by atoms with Gasteiger partial charge in [-0.05, 0) is 110 Å². The largest absolute Gasteiger partial charge is 0.247 e. The summed E-state index contributed by atoms with van der Waals surface area (Å²) >= 11 is 0. The molecule has 9 atom stereocenters. The van der Waals surface area contributed by atoms with Gasteiger partial charge in [-0.15, -0.1) is 0 Å². The Kier molecular flexibility index (Phi) is 5.96. The number of alkyl halides is 1. The second-order valence-electron chi connectivity index (χ2n) is 12.6. The van der Waals surface area contributed by atoms with Crippen LogP contribution in [0, 0.1) is 52.3 Å². The molecule has 8 unspecified atom stereocenters. The molecule has 4 aliphatic rings. The van der Waals surface area contributed by atoms with Crippen LogP contribution in [0.15, 0.2) is 0 Å². The van der Waals surface area contributed by atoms with Gasteiger partial charge in [-0.1, -0.05) is 53.9 Å². The fraction of sp³-hybridized carbons (Fsp3) is 1.00. The van der Waals surface area contributed by atoms with Crippen molar-refractivity contribution < 1.29 is 4.39 Å². The zero-order valence-electron chi connectivity index (χ0n) is 19.5. The normalized spacial score (nSPS) is 49.4. The quantitative estimate of drug-likeness (QED) is 0.441. The zero-order valence-corrected chi connectivity index (χ0v) is 19.5. The molecule has 0 N–H and O–H groups in total. The SMILES string of the molecule is CC(C)CCCC(C)C1CCC2C3CCC4C[C@@H](F)CCC4(C)C3CCC12C. The molecular formula is C27H47F. The minimum Gasteiger partial charge on any atom is -0.247 e. The molecule has 0 aromatic heterocycles. The van der Waals surface area contributed by atoms with E-state index in [1.807, 2.05) is 0 Å². The second-order valence-corrected chi connectivity index (χ2v) is 12.6. The molecule has 0 bridgehead atoms. The smallest absolute Gasteiger partial charge is 0.100 e. The molecule has 0 spiro atoms. The van der Waals surface area contributed by atoms with Crippen LogP contribution in [0.25, 0.3) is 0 Å². The van der Waals surface area contributed by atoms with Crippen LogP contribution in [0.1, 0.15) is 112 Å². The number of fused-ring (bicyclic) bond motifs is 5. The van der Waals surface area contributed by atoms with Crippen LogP contribution in [0.3, 0.4) is 0 Å². The average Bonchev–Trinajstić information content (AvgIpc) is 2.99. The Morgan fingerprint density at radius 3 is 2.29 bits per heavy atom. The topological polar surface area (TPSA) is 0 Å². The highest BCUT2D eigenvalue weighted by molar-refractivity contribution is 5.09. The molecule has 4 fully saturated rings. The molecule has 0 aromatic carbocycles. The van der Waals surface area contributed by atoms with Crippen molar-refractivity contribution >= 4 is 0 Å². The van der Waals surface area contributed by atoms with E-state index in [1.165, 1.54) is 64.2 Å². The first-order valence-corrected chi connectivity index (χ1v) is 12.9. The predicted molar refractivity (Wildman–Crippen MR) is 118 cm³/mol. The fourth-order valence-electron chi connectivity index (χ4n) is 9.23. The van der Waals surface area contributed by atoms with Gasteiger partial charge in [0.25, 0.3) is 0 Å². The summed E-state index contributed by atoms with van der Waals surface area (Å²) in [5.41, 5.74) is 1.05. The van der Waals surface area contributed by atoms with Crippen molar-refractivity contribution in [3.05, 3.63) is 0 Å². The molecule has 0 amide bonds. The van der Waals surface area contributed by atoms with Crippen molar-refractivity contribution in [3.63, 3.8) is 0 Å². The van der Waals surface area contributed by atoms with Gasteiger partial charge in [0, 0.05) is 0 Å². The number of halogens is 1. The minimum atomic E-state index is -0.508. The van der Waals surface area contributed by atoms with Crippen LogP contribution in [-0.2, 0) is 0 Å². The Morgan fingerprint density at radius 2 is 1.54 bits per heavy atom. The van der Waals surface area contributed by atoms with Crippen LogP contribution in [-0.4, -0.2) is 6.17 Å². The molecule has 0 radical (unpaired) electrons. The van der Waals surface area contributed by atoms with Gasteiger partial charge in [-0.25, -0.2) is 4.39 Å². The van der Waals surface area contributed by atoms with Crippen molar-refractivity contribution in [2.45, 2.75) is 118 Å². The maximum atomic E-state index is 14.1. The van der Waals surface area contributed by atoms with E-state index in [1.54, 1.807) is 0 Å². The molecule has 162 valence electrons. The van der Waals surface area contributed by atoms with E-state index in [0.29, 0.717) is 16.7 Å². The summed E-state index contributed by atoms with van der Waals surface area (Å²) < 4.78 is 14.1. The monoisotopic (exact) mass is 390 g/mol. The zero-order chi connectivity index (χ0) is 20.1. The molecule has 0 heterocycles. The van der Waals surface area contributed by atoms with Crippen molar-refractivity contribution in [1.29, 1.82) is 0 Å². The van der Waals surface area contributed by atoms with Crippen LogP contribution < -0.4 is 0 Å². The molecule has 4 saturated carbocycles. The number of hydrogen-bond donors (Lipinski definition) is 0. The van der Waals surface area contributed by atoms with Crippen LogP contribution in [0.5, 0.6) is 0 Å². The molecule has 0 saturated heterocycles. The van der Waals surface area contributed by atoms with Crippen molar-refractivity contribution in [3.8, 4) is 0 Å². The Labute approximate surface area is 174 Å². The standard InChI is InChI=1S/C27H47F/c1-18(2)7-6-8-19(3)23-11-12-24-22-10-9-20-17-21(28)13-15-26(20,4)25(22)14-16-27(23,24)5/h18-25H,6-17H2,1-5H3/t19?,20?,21-,22?,23?,24?,25?,26?,27?/m0/s1. The third kappa shape index (κ3) is 3.49. The van der Waals surface area contributed by atoms with E-state index in [4.69, 9.17) is 0 Å². The Balaban J connectivity index is 1.46. The van der Waals surface area contributed by atoms with Crippen molar-refractivity contribution in [2.75, 3.05) is 0 Å². The van der Waals surface area contributed by atoms with E-state index in [9.17, 15) is 4.39 Å². The maximum absolute atomic E-state index is 14.1. The molecule has 28 heavy (non-hydrogen) atoms. The summed E-state index contributed by atoms with van der Waals surface area (Å²) in [6.45, 7) is 12.6. The number of rotatable bonds is 5. The van der Waals surface area contributed by atoms with E-state index in [0.717, 1.165) is 48.3 Å². The predicted octanol–water partition coefficient (Wildman–Crippen LogP) is 8.45. The minimum absolute atomic E-state index is 0.452. The van der Waals surface area contributed by atoms with Gasteiger partial charge in [0.2, 0.25) is 0 Å². The second kappa shape index (κ2) is 7.88. The summed E-state index contributed by atoms with van der Waals surface area (Å²) in [5, 5.41) is 0. The van der Waals surface area contributed by atoms with E-state index < -0.39 is 6.17 Å². The van der Waals surface area contributed by atoms with E-state index >= 15 is 0 Å². The van der Waals surface area contributed by atoms with E-state index in [-0.39, 0.29) is 0 Å². The van der Waals surface area contributed by atoms with Gasteiger partial charge in [-0.3, -0.25) is 0 Å². The lowest BCUT2D eigenvalue weighted by molar-refractivity contribution is -0.122. The van der Waals surface area contributed by atoms with Crippen molar-refractivity contribution in [2.24, 2.45) is 52.3 Å². The Bertz CT molecular complexity index is 540. The molecule has 4 rings (SSSR count). The molecule has 0 aromatic rings. The van der Waals surface area contributed by atoms with Gasteiger partial charge < -0.3 is 0 Å². The fourth-order valence-corrected chi connectivity index (χ4v) is 9.23. The average molecular weight is 391 g/mol. The Hall–Kier alpha value is -0.0700. The highest BCUT2D eigenvalue weighted by atomic mass is 19.1. The van der Waals surface area contributed by atoms with Gasteiger partial charge >= 0.3 is 0 Å². The van der Waals surface area contributed by atoms with Gasteiger partial charge in [0.1, 0.15) is 6.17 Å². The summed E-state index contributed by atoms with van der Waals surface area (Å²) in [4.78, 5) is 0. The first kappa shape index (κ1) is 21.2. The lowest BCUT2D eigenvalue weighted by atomic mass is 9.44. The molecule has 0 aliphatic heterocycles. The summed E-state index contributed by atoms with van der Waals surface area (Å²) in [6.07, 6.45) is 15.2. The lowest BCUT2D eigenvalue weighted by Crippen LogP contribution is -2.53.